The minimum absolute atomic E-state index is 0.138. The summed E-state index contributed by atoms with van der Waals surface area (Å²) in [7, 11) is -3.64. The minimum atomic E-state index is -3.64. The Labute approximate surface area is 178 Å². The fraction of sp³-hybridized carbons (Fsp3) is 0.500. The molecule has 4 rings (SSSR count). The average molecular weight is 432 g/mol. The van der Waals surface area contributed by atoms with Gasteiger partial charge in [-0.05, 0) is 62.9 Å². The summed E-state index contributed by atoms with van der Waals surface area (Å²) < 4.78 is 33.6. The third kappa shape index (κ3) is 4.39. The maximum Gasteiger partial charge on any atom is 0.251 e. The van der Waals surface area contributed by atoms with E-state index in [1.807, 2.05) is 19.1 Å². The van der Waals surface area contributed by atoms with Crippen LogP contribution in [0.4, 0.5) is 5.69 Å². The van der Waals surface area contributed by atoms with Gasteiger partial charge in [0.05, 0.1) is 12.0 Å². The Hall–Kier alpha value is -2.32. The molecule has 0 aliphatic carbocycles. The van der Waals surface area contributed by atoms with E-state index in [0.29, 0.717) is 30.8 Å². The third-order valence-electron chi connectivity index (χ3n) is 5.82. The van der Waals surface area contributed by atoms with Crippen LogP contribution in [0.2, 0.25) is 0 Å². The van der Waals surface area contributed by atoms with E-state index in [1.165, 1.54) is 0 Å². The molecule has 162 valence electrons. The van der Waals surface area contributed by atoms with Gasteiger partial charge in [0.1, 0.15) is 10.7 Å². The fourth-order valence-electron chi connectivity index (χ4n) is 4.24. The van der Waals surface area contributed by atoms with Crippen molar-refractivity contribution in [3.63, 3.8) is 0 Å². The molecule has 2 aliphatic rings. The minimum Gasteiger partial charge on any atom is -0.469 e. The molecule has 0 spiro atoms. The highest BCUT2D eigenvalue weighted by atomic mass is 32.2. The largest absolute Gasteiger partial charge is 0.469 e. The lowest BCUT2D eigenvalue weighted by atomic mass is 10.1. The van der Waals surface area contributed by atoms with Crippen LogP contribution in [0.15, 0.2) is 45.9 Å². The van der Waals surface area contributed by atoms with E-state index in [9.17, 15) is 13.2 Å². The van der Waals surface area contributed by atoms with Crippen LogP contribution >= 0.6 is 0 Å². The van der Waals surface area contributed by atoms with Crippen LogP contribution in [0.25, 0.3) is 0 Å². The van der Waals surface area contributed by atoms with Gasteiger partial charge in [-0.2, -0.15) is 4.31 Å². The van der Waals surface area contributed by atoms with E-state index in [0.717, 1.165) is 44.5 Å². The average Bonchev–Trinajstić information content (AvgIpc) is 3.50. The zero-order chi connectivity index (χ0) is 21.1. The Balaban J connectivity index is 1.60. The molecule has 2 aromatic rings. The highest BCUT2D eigenvalue weighted by molar-refractivity contribution is 7.89. The molecule has 1 N–H and O–H groups in total. The van der Waals surface area contributed by atoms with Gasteiger partial charge in [-0.25, -0.2) is 8.42 Å². The standard InChI is InChI=1S/C22H29N3O4S/c1-17(15-19-7-6-14-29-19)23-22(26)18-8-9-20(24-10-2-3-11-24)21(16-18)30(27,28)25-12-4-5-13-25/h6-9,14,16-17H,2-5,10-13,15H2,1H3,(H,23,26). The lowest BCUT2D eigenvalue weighted by Gasteiger charge is -2.25. The second-order valence-corrected chi connectivity index (χ2v) is 10.1. The number of nitrogens with one attached hydrogen (secondary N) is 1. The lowest BCUT2D eigenvalue weighted by Crippen LogP contribution is -2.34. The van der Waals surface area contributed by atoms with Crippen molar-refractivity contribution in [2.45, 2.75) is 50.0 Å². The number of sulfonamides is 1. The van der Waals surface area contributed by atoms with Crippen molar-refractivity contribution in [3.05, 3.63) is 47.9 Å². The summed E-state index contributed by atoms with van der Waals surface area (Å²) >= 11 is 0. The van der Waals surface area contributed by atoms with Crippen molar-refractivity contribution in [2.75, 3.05) is 31.1 Å². The molecule has 2 aliphatic heterocycles. The molecule has 30 heavy (non-hydrogen) atoms. The first-order valence-corrected chi connectivity index (χ1v) is 12.1. The van der Waals surface area contributed by atoms with Gasteiger partial charge >= 0.3 is 0 Å². The van der Waals surface area contributed by atoms with Gasteiger partial charge in [-0.3, -0.25) is 4.79 Å². The molecular weight excluding hydrogens is 402 g/mol. The first kappa shape index (κ1) is 20.9. The van der Waals surface area contributed by atoms with Crippen LogP contribution in [0.1, 0.15) is 48.7 Å². The summed E-state index contributed by atoms with van der Waals surface area (Å²) in [5, 5.41) is 2.95. The molecule has 1 atom stereocenters. The summed E-state index contributed by atoms with van der Waals surface area (Å²) in [5.41, 5.74) is 1.07. The van der Waals surface area contributed by atoms with Crippen LogP contribution in [0.3, 0.4) is 0 Å². The molecule has 1 aromatic heterocycles. The van der Waals surface area contributed by atoms with Crippen LogP contribution in [0.5, 0.6) is 0 Å². The van der Waals surface area contributed by atoms with Crippen molar-refractivity contribution in [3.8, 4) is 0 Å². The summed E-state index contributed by atoms with van der Waals surface area (Å²) in [6, 6.07) is 8.62. The molecular formula is C22H29N3O4S. The van der Waals surface area contributed by atoms with Crippen LogP contribution < -0.4 is 10.2 Å². The second kappa shape index (κ2) is 8.81. The smallest absolute Gasteiger partial charge is 0.251 e. The Morgan fingerprint density at radius 1 is 1.10 bits per heavy atom. The summed E-state index contributed by atoms with van der Waals surface area (Å²) in [5.74, 6) is 0.518. The van der Waals surface area contributed by atoms with Gasteiger partial charge in [0, 0.05) is 44.2 Å². The second-order valence-electron chi connectivity index (χ2n) is 8.15. The topological polar surface area (TPSA) is 82.9 Å². The molecule has 7 nitrogen and oxygen atoms in total. The number of benzene rings is 1. The first-order valence-electron chi connectivity index (χ1n) is 10.7. The summed E-state index contributed by atoms with van der Waals surface area (Å²) in [4.78, 5) is 15.2. The number of hydrogen-bond acceptors (Lipinski definition) is 5. The van der Waals surface area contributed by atoms with Crippen LogP contribution in [-0.2, 0) is 16.4 Å². The number of carbonyl (C=O) groups excluding carboxylic acids is 1. The van der Waals surface area contributed by atoms with E-state index in [2.05, 4.69) is 10.2 Å². The maximum absolute atomic E-state index is 13.4. The fourth-order valence-corrected chi connectivity index (χ4v) is 5.99. The quantitative estimate of drug-likeness (QED) is 0.729. The van der Waals surface area contributed by atoms with Crippen molar-refractivity contribution in [1.82, 2.24) is 9.62 Å². The zero-order valence-corrected chi connectivity index (χ0v) is 18.2. The number of rotatable bonds is 7. The highest BCUT2D eigenvalue weighted by Crippen LogP contribution is 2.32. The molecule has 1 aromatic carbocycles. The van der Waals surface area contributed by atoms with Crippen molar-refractivity contribution >= 4 is 21.6 Å². The maximum atomic E-state index is 13.4. The Morgan fingerprint density at radius 3 is 2.47 bits per heavy atom. The Kier molecular flexibility index (Phi) is 6.15. The molecule has 0 saturated carbocycles. The van der Waals surface area contributed by atoms with Gasteiger partial charge in [0.25, 0.3) is 5.91 Å². The van der Waals surface area contributed by atoms with Gasteiger partial charge in [0.2, 0.25) is 10.0 Å². The van der Waals surface area contributed by atoms with E-state index >= 15 is 0 Å². The van der Waals surface area contributed by atoms with Gasteiger partial charge in [0.15, 0.2) is 0 Å². The van der Waals surface area contributed by atoms with Crippen molar-refractivity contribution in [1.29, 1.82) is 0 Å². The van der Waals surface area contributed by atoms with E-state index in [-0.39, 0.29) is 16.8 Å². The highest BCUT2D eigenvalue weighted by Gasteiger charge is 2.32. The number of anilines is 1. The van der Waals surface area contributed by atoms with E-state index < -0.39 is 10.0 Å². The van der Waals surface area contributed by atoms with Gasteiger partial charge < -0.3 is 14.6 Å². The first-order chi connectivity index (χ1) is 14.4. The third-order valence-corrected chi connectivity index (χ3v) is 7.74. The Morgan fingerprint density at radius 2 is 1.80 bits per heavy atom. The number of furan rings is 1. The number of nitrogens with zero attached hydrogens (tertiary/aromatic N) is 2. The Bertz CT molecular complexity index is 976. The number of hydrogen-bond donors (Lipinski definition) is 1. The molecule has 0 bridgehead atoms. The van der Waals surface area contributed by atoms with Crippen molar-refractivity contribution in [2.24, 2.45) is 0 Å². The predicted octanol–water partition coefficient (Wildman–Crippen LogP) is 3.03. The molecule has 2 saturated heterocycles. The van der Waals surface area contributed by atoms with E-state index in [1.54, 1.807) is 28.8 Å². The predicted molar refractivity (Wildman–Crippen MR) is 115 cm³/mol. The molecule has 2 fully saturated rings. The number of carbonyl (C=O) groups is 1. The lowest BCUT2D eigenvalue weighted by molar-refractivity contribution is 0.0939. The molecule has 0 radical (unpaired) electrons. The SMILES string of the molecule is CC(Cc1ccco1)NC(=O)c1ccc(N2CCCC2)c(S(=O)(=O)N2CCCC2)c1. The monoisotopic (exact) mass is 431 g/mol. The van der Waals surface area contributed by atoms with Crippen LogP contribution in [-0.4, -0.2) is 50.9 Å². The van der Waals surface area contributed by atoms with Gasteiger partial charge in [-0.1, -0.05) is 0 Å². The van der Waals surface area contributed by atoms with Gasteiger partial charge in [-0.15, -0.1) is 0 Å². The summed E-state index contributed by atoms with van der Waals surface area (Å²) in [6.07, 6.45) is 6.04. The zero-order valence-electron chi connectivity index (χ0n) is 17.3. The molecule has 8 heteroatoms. The van der Waals surface area contributed by atoms with E-state index in [4.69, 9.17) is 4.42 Å². The molecule has 3 heterocycles. The van der Waals surface area contributed by atoms with Crippen molar-refractivity contribution < 1.29 is 17.6 Å². The molecule has 1 amide bonds. The number of amides is 1. The molecule has 1 unspecified atom stereocenters. The normalized spacial score (nSPS) is 18.6. The summed E-state index contributed by atoms with van der Waals surface area (Å²) in [6.45, 7) is 4.67. The van der Waals surface area contributed by atoms with Crippen LogP contribution in [0, 0.1) is 0 Å².